The summed E-state index contributed by atoms with van der Waals surface area (Å²) in [7, 11) is 0. The minimum Gasteiger partial charge on any atom is -0.461 e. The van der Waals surface area contributed by atoms with E-state index in [-0.39, 0.29) is 38.1 Å². The van der Waals surface area contributed by atoms with Gasteiger partial charge in [-0.3, -0.25) is 34.4 Å². The topological polar surface area (TPSA) is 135 Å². The lowest BCUT2D eigenvalue weighted by Crippen LogP contribution is -2.61. The Morgan fingerprint density at radius 2 is 1.18 bits per heavy atom. The van der Waals surface area contributed by atoms with E-state index in [0.29, 0.717) is 28.7 Å². The van der Waals surface area contributed by atoms with Crippen molar-refractivity contribution in [3.05, 3.63) is 54.6 Å². The van der Waals surface area contributed by atoms with Crippen LogP contribution in [-0.4, -0.2) is 117 Å². The molecule has 0 radical (unpaired) electrons. The smallest absolute Gasteiger partial charge is 0.334 e. The van der Waals surface area contributed by atoms with Gasteiger partial charge in [-0.2, -0.15) is 52.1 Å². The summed E-state index contributed by atoms with van der Waals surface area (Å²) >= 11 is 6.56. The van der Waals surface area contributed by atoms with Crippen LogP contribution >= 0.6 is 47.0 Å². The molecule has 242 valence electrons. The molecule has 15 heteroatoms. The molecule has 0 aromatic heterocycles. The van der Waals surface area contributed by atoms with Gasteiger partial charge < -0.3 is 9.47 Å². The monoisotopic (exact) mass is 692 g/mol. The summed E-state index contributed by atoms with van der Waals surface area (Å²) in [5, 5.41) is 4.02. The second kappa shape index (κ2) is 17.7. The Bertz CT molecular complexity index is 1230. The van der Waals surface area contributed by atoms with Gasteiger partial charge in [0.25, 0.3) is 11.8 Å². The highest BCUT2D eigenvalue weighted by atomic mass is 32.2. The van der Waals surface area contributed by atoms with Gasteiger partial charge in [0.1, 0.15) is 12.2 Å². The van der Waals surface area contributed by atoms with Crippen molar-refractivity contribution in [1.29, 1.82) is 0 Å². The summed E-state index contributed by atoms with van der Waals surface area (Å²) in [5.41, 5.74) is 4.92. The first kappa shape index (κ1) is 35.0. The molecule has 0 spiro atoms. The van der Waals surface area contributed by atoms with E-state index in [0.717, 1.165) is 44.0 Å². The summed E-state index contributed by atoms with van der Waals surface area (Å²) in [5.74, 6) is 2.64. The van der Waals surface area contributed by atoms with Crippen LogP contribution < -0.4 is 5.43 Å². The molecule has 0 unspecified atom stereocenters. The summed E-state index contributed by atoms with van der Waals surface area (Å²) < 4.78 is 11.3. The molecule has 4 rings (SSSR count). The summed E-state index contributed by atoms with van der Waals surface area (Å²) in [6.45, 7) is 7.39. The fourth-order valence-electron chi connectivity index (χ4n) is 4.34. The zero-order chi connectivity index (χ0) is 32.2. The Kier molecular flexibility index (Phi) is 13.8. The van der Waals surface area contributed by atoms with Gasteiger partial charge in [0.15, 0.2) is 0 Å². The van der Waals surface area contributed by atoms with Crippen LogP contribution in [-0.2, 0) is 28.7 Å². The zero-order valence-electron chi connectivity index (χ0n) is 24.8. The van der Waals surface area contributed by atoms with Crippen LogP contribution in [0.3, 0.4) is 0 Å². The molecule has 0 saturated carbocycles. The molecule has 1 aromatic carbocycles. The number of rotatable bonds is 10. The van der Waals surface area contributed by atoms with Crippen LogP contribution in [0.5, 0.6) is 0 Å². The number of carbonyl (C=O) groups is 5. The summed E-state index contributed by atoms with van der Waals surface area (Å²) in [4.78, 5) is 67.1. The van der Waals surface area contributed by atoms with Gasteiger partial charge >= 0.3 is 18.0 Å². The van der Waals surface area contributed by atoms with Crippen LogP contribution in [0.25, 0.3) is 0 Å². The average Bonchev–Trinajstić information content (AvgIpc) is 2.99. The van der Waals surface area contributed by atoms with Gasteiger partial charge in [-0.1, -0.05) is 42.5 Å². The number of nitrogens with one attached hydrogen (secondary N) is 1. The maximum atomic E-state index is 13.4. The second-order valence-electron chi connectivity index (χ2n) is 10.4. The van der Waals surface area contributed by atoms with Gasteiger partial charge in [0, 0.05) is 59.1 Å². The van der Waals surface area contributed by atoms with Crippen molar-refractivity contribution in [2.75, 3.05) is 64.5 Å². The molecule has 1 aromatic rings. The van der Waals surface area contributed by atoms with Crippen molar-refractivity contribution in [2.45, 2.75) is 25.0 Å². The van der Waals surface area contributed by atoms with Crippen molar-refractivity contribution in [3.8, 4) is 0 Å². The van der Waals surface area contributed by atoms with E-state index in [1.165, 1.54) is 0 Å². The molecule has 0 atom stereocenters. The van der Waals surface area contributed by atoms with E-state index in [1.807, 2.05) is 0 Å². The molecule has 4 amide bonds. The quantitative estimate of drug-likeness (QED) is 0.216. The Morgan fingerprint density at radius 3 is 1.60 bits per heavy atom. The maximum absolute atomic E-state index is 13.4. The number of urea groups is 1. The number of para-hydroxylation sites is 1. The molecular formula is C30H36N4O7S4. The molecule has 0 aliphatic carbocycles. The number of anilines is 1. The van der Waals surface area contributed by atoms with Crippen molar-refractivity contribution >= 4 is 88.2 Å². The standard InChI is InChI=1S/C30H36N4O7S4/c1-20-12-42-16-23(17-43-13-20)40-25(35)8-10-33-28(37)27(32-31-22-6-4-3-5-7-22)29(38)34(30(33)39)11-9-26(36)41-24-18-44-14-21(2)15-45-19-24/h3-7,23-24,31H,1-2,8-19H2. The third-order valence-corrected chi connectivity index (χ3v) is 11.4. The van der Waals surface area contributed by atoms with Crippen LogP contribution in [0.4, 0.5) is 10.5 Å². The highest BCUT2D eigenvalue weighted by Crippen LogP contribution is 2.23. The molecule has 3 aliphatic heterocycles. The number of barbiturate groups is 1. The van der Waals surface area contributed by atoms with E-state index >= 15 is 0 Å². The second-order valence-corrected chi connectivity index (χ2v) is 14.5. The number of carbonyl (C=O) groups excluding carboxylic acids is 5. The maximum Gasteiger partial charge on any atom is 0.334 e. The lowest BCUT2D eigenvalue weighted by molar-refractivity contribution is -0.148. The lowest BCUT2D eigenvalue weighted by atomic mass is 10.2. The zero-order valence-corrected chi connectivity index (χ0v) is 28.0. The molecule has 1 N–H and O–H groups in total. The van der Waals surface area contributed by atoms with E-state index in [1.54, 1.807) is 77.4 Å². The van der Waals surface area contributed by atoms with E-state index in [4.69, 9.17) is 9.47 Å². The number of imide groups is 2. The van der Waals surface area contributed by atoms with Crippen molar-refractivity contribution in [2.24, 2.45) is 5.10 Å². The van der Waals surface area contributed by atoms with Crippen molar-refractivity contribution < 1.29 is 33.4 Å². The van der Waals surface area contributed by atoms with E-state index < -0.39 is 35.5 Å². The van der Waals surface area contributed by atoms with Crippen molar-refractivity contribution in [1.82, 2.24) is 9.80 Å². The lowest BCUT2D eigenvalue weighted by Gasteiger charge is -2.33. The van der Waals surface area contributed by atoms with Crippen molar-refractivity contribution in [3.63, 3.8) is 0 Å². The number of esters is 2. The number of hydrogen-bond acceptors (Lipinski definition) is 13. The SMILES string of the molecule is C=C1CSCC(OC(=O)CCN2C(=O)C(=NNc3ccccc3)C(=O)N(CCC(=O)OC3CSCC(=C)CSC3)C2=O)CSC1. The van der Waals surface area contributed by atoms with Gasteiger partial charge in [0.2, 0.25) is 5.71 Å². The van der Waals surface area contributed by atoms with Gasteiger partial charge in [-0.15, -0.1) is 0 Å². The molecule has 3 heterocycles. The Labute approximate surface area is 279 Å². The fourth-order valence-corrected chi connectivity index (χ4v) is 8.73. The average molecular weight is 693 g/mol. The van der Waals surface area contributed by atoms with Gasteiger partial charge in [0.05, 0.1) is 18.5 Å². The fraction of sp³-hybridized carbons (Fsp3) is 0.467. The van der Waals surface area contributed by atoms with Crippen LogP contribution in [0.15, 0.2) is 59.7 Å². The molecule has 0 bridgehead atoms. The largest absolute Gasteiger partial charge is 0.461 e. The minimum atomic E-state index is -0.944. The molecular weight excluding hydrogens is 657 g/mol. The van der Waals surface area contributed by atoms with E-state index in [2.05, 4.69) is 23.7 Å². The normalized spacial score (nSPS) is 19.4. The number of hydrogen-bond donors (Lipinski definition) is 1. The number of nitrogens with zero attached hydrogens (tertiary/aromatic N) is 3. The molecule has 3 fully saturated rings. The highest BCUT2D eigenvalue weighted by Gasteiger charge is 2.44. The first-order chi connectivity index (χ1) is 21.7. The third kappa shape index (κ3) is 10.9. The van der Waals surface area contributed by atoms with Gasteiger partial charge in [-0.05, 0) is 12.1 Å². The Morgan fingerprint density at radius 1 is 0.756 bits per heavy atom. The Balaban J connectivity index is 1.40. The summed E-state index contributed by atoms with van der Waals surface area (Å²) in [6, 6.07) is 7.75. The summed E-state index contributed by atoms with van der Waals surface area (Å²) in [6.07, 6.45) is -1.14. The number of ether oxygens (including phenoxy) is 2. The molecule has 11 nitrogen and oxygen atoms in total. The number of thioether (sulfide) groups is 4. The molecule has 3 saturated heterocycles. The predicted molar refractivity (Wildman–Crippen MR) is 183 cm³/mol. The van der Waals surface area contributed by atoms with Gasteiger partial charge in [-0.25, -0.2) is 4.79 Å². The molecule has 45 heavy (non-hydrogen) atoms. The van der Waals surface area contributed by atoms with E-state index in [9.17, 15) is 24.0 Å². The number of amides is 4. The predicted octanol–water partition coefficient (Wildman–Crippen LogP) is 3.92. The minimum absolute atomic E-state index is 0.261. The third-order valence-electron chi connectivity index (χ3n) is 6.54. The van der Waals surface area contributed by atoms with Crippen LogP contribution in [0.1, 0.15) is 12.8 Å². The Hall–Kier alpha value is -2.88. The first-order valence-corrected chi connectivity index (χ1v) is 18.9. The molecule has 3 aliphatic rings. The first-order valence-electron chi connectivity index (χ1n) is 14.3. The number of benzene rings is 1. The highest BCUT2D eigenvalue weighted by molar-refractivity contribution is 8.01. The van der Waals surface area contributed by atoms with Crippen LogP contribution in [0, 0.1) is 0 Å². The number of hydrazone groups is 1. The van der Waals surface area contributed by atoms with Crippen LogP contribution in [0.2, 0.25) is 0 Å².